The molecule has 2 aromatic carbocycles. The van der Waals surface area contributed by atoms with Crippen molar-refractivity contribution in [2.24, 2.45) is 0 Å². The normalized spacial score (nSPS) is 11.1. The Hall–Kier alpha value is -3.07. The van der Waals surface area contributed by atoms with E-state index < -0.39 is 24.8 Å². The first kappa shape index (κ1) is 21.2. The van der Waals surface area contributed by atoms with Gasteiger partial charge < -0.3 is 20.5 Å². The number of alkyl halides is 3. The molecule has 0 fully saturated rings. The highest BCUT2D eigenvalue weighted by atomic mass is 19.4. The summed E-state index contributed by atoms with van der Waals surface area (Å²) in [6.07, 6.45) is -4.35. The number of benzene rings is 2. The summed E-state index contributed by atoms with van der Waals surface area (Å²) in [6, 6.07) is 12.4. The van der Waals surface area contributed by atoms with Gasteiger partial charge >= 0.3 is 18.2 Å². The van der Waals surface area contributed by atoms with Crippen molar-refractivity contribution >= 4 is 12.0 Å². The Morgan fingerprint density at radius 2 is 1.32 bits per heavy atom. The summed E-state index contributed by atoms with van der Waals surface area (Å²) in [5.74, 6) is -1.02. The number of amides is 2. The van der Waals surface area contributed by atoms with Crippen LogP contribution in [0.1, 0.15) is 27.0 Å². The Labute approximate surface area is 159 Å². The lowest BCUT2D eigenvalue weighted by Crippen LogP contribution is -2.34. The van der Waals surface area contributed by atoms with Crippen LogP contribution in [0.2, 0.25) is 0 Å². The fraction of sp³-hybridized carbons (Fsp3) is 0.263. The Morgan fingerprint density at radius 1 is 0.857 bits per heavy atom. The Balaban J connectivity index is 1.71. The van der Waals surface area contributed by atoms with Crippen LogP contribution < -0.4 is 10.6 Å². The second-order valence-electron chi connectivity index (χ2n) is 5.96. The van der Waals surface area contributed by atoms with Crippen molar-refractivity contribution in [1.29, 1.82) is 0 Å². The van der Waals surface area contributed by atoms with Crippen molar-refractivity contribution in [2.45, 2.75) is 25.9 Å². The first-order chi connectivity index (χ1) is 13.2. The predicted octanol–water partition coefficient (Wildman–Crippen LogP) is 3.46. The number of carboxylic acid groups (broad SMARTS) is 1. The zero-order valence-electron chi connectivity index (χ0n) is 14.8. The number of aromatic carboxylic acids is 1. The second-order valence-corrected chi connectivity index (χ2v) is 5.96. The molecule has 0 heterocycles. The third-order valence-electron chi connectivity index (χ3n) is 3.66. The minimum Gasteiger partial charge on any atom is -0.478 e. The van der Waals surface area contributed by atoms with E-state index in [9.17, 15) is 22.8 Å². The number of carbonyl (C=O) groups excluding carboxylic acids is 1. The van der Waals surface area contributed by atoms with Gasteiger partial charge in [-0.25, -0.2) is 9.59 Å². The fourth-order valence-electron chi connectivity index (χ4n) is 2.23. The number of nitrogens with one attached hydrogen (secondary N) is 2. The number of hydrogen-bond acceptors (Lipinski definition) is 3. The molecule has 2 aromatic rings. The molecule has 0 aromatic heterocycles. The van der Waals surface area contributed by atoms with Crippen LogP contribution in [-0.2, 0) is 24.4 Å². The minimum atomic E-state index is -4.35. The van der Waals surface area contributed by atoms with E-state index in [-0.39, 0.29) is 25.3 Å². The lowest BCUT2D eigenvalue weighted by atomic mass is 10.1. The minimum absolute atomic E-state index is 0.144. The monoisotopic (exact) mass is 396 g/mol. The van der Waals surface area contributed by atoms with E-state index in [1.54, 1.807) is 36.4 Å². The highest BCUT2D eigenvalue weighted by molar-refractivity contribution is 5.87. The van der Waals surface area contributed by atoms with Crippen LogP contribution in [0, 0.1) is 0 Å². The summed E-state index contributed by atoms with van der Waals surface area (Å²) in [4.78, 5) is 22.6. The first-order valence-corrected chi connectivity index (χ1v) is 8.29. The molecule has 2 amide bonds. The summed E-state index contributed by atoms with van der Waals surface area (Å²) >= 11 is 0. The van der Waals surface area contributed by atoms with Crippen LogP contribution in [0.5, 0.6) is 0 Å². The molecule has 0 aliphatic carbocycles. The lowest BCUT2D eigenvalue weighted by molar-refractivity contribution is -0.176. The van der Waals surface area contributed by atoms with E-state index in [1.165, 1.54) is 12.1 Å². The average Bonchev–Trinajstić information content (AvgIpc) is 2.65. The maximum absolute atomic E-state index is 12.0. The van der Waals surface area contributed by atoms with Gasteiger partial charge in [-0.05, 0) is 28.8 Å². The maximum atomic E-state index is 12.0. The summed E-state index contributed by atoms with van der Waals surface area (Å²) in [5.41, 5.74) is 2.30. The van der Waals surface area contributed by atoms with Crippen LogP contribution >= 0.6 is 0 Å². The molecule has 0 aliphatic heterocycles. The number of rotatable bonds is 8. The summed E-state index contributed by atoms with van der Waals surface area (Å²) in [7, 11) is 0. The Bertz CT molecular complexity index is 790. The summed E-state index contributed by atoms with van der Waals surface area (Å²) < 4.78 is 40.7. The molecular weight excluding hydrogens is 377 g/mol. The Morgan fingerprint density at radius 3 is 1.79 bits per heavy atom. The molecule has 150 valence electrons. The molecule has 9 heteroatoms. The van der Waals surface area contributed by atoms with Gasteiger partial charge in [-0.3, -0.25) is 0 Å². The molecule has 6 nitrogen and oxygen atoms in total. The highest BCUT2D eigenvalue weighted by Crippen LogP contribution is 2.15. The average molecular weight is 396 g/mol. The zero-order chi connectivity index (χ0) is 20.6. The van der Waals surface area contributed by atoms with E-state index in [4.69, 9.17) is 5.11 Å². The van der Waals surface area contributed by atoms with E-state index in [1.807, 2.05) is 0 Å². The fourth-order valence-corrected chi connectivity index (χ4v) is 2.23. The van der Waals surface area contributed by atoms with Crippen molar-refractivity contribution < 1.29 is 32.6 Å². The van der Waals surface area contributed by atoms with Gasteiger partial charge in [-0.1, -0.05) is 36.4 Å². The third kappa shape index (κ3) is 7.67. The standard InChI is InChI=1S/C19H19F3N2O4/c20-19(21,22)12-28-11-15-3-1-13(2-4-15)9-23-18(27)24-10-14-5-7-16(8-6-14)17(25)26/h1-8H,9-12H2,(H,25,26)(H2,23,24,27). The van der Waals surface area contributed by atoms with Gasteiger partial charge in [0.05, 0.1) is 12.2 Å². The van der Waals surface area contributed by atoms with Crippen molar-refractivity contribution in [3.8, 4) is 0 Å². The van der Waals surface area contributed by atoms with Crippen molar-refractivity contribution in [3.05, 3.63) is 70.8 Å². The van der Waals surface area contributed by atoms with Gasteiger partial charge in [0.15, 0.2) is 0 Å². The highest BCUT2D eigenvalue weighted by Gasteiger charge is 2.27. The van der Waals surface area contributed by atoms with Gasteiger partial charge in [-0.15, -0.1) is 0 Å². The van der Waals surface area contributed by atoms with Crippen molar-refractivity contribution in [2.75, 3.05) is 6.61 Å². The SMILES string of the molecule is O=C(NCc1ccc(COCC(F)(F)F)cc1)NCc1ccc(C(=O)O)cc1. The topological polar surface area (TPSA) is 87.7 Å². The molecule has 3 N–H and O–H groups in total. The number of halogens is 3. The number of carboxylic acids is 1. The van der Waals surface area contributed by atoms with Crippen LogP contribution in [0.25, 0.3) is 0 Å². The molecular formula is C19H19F3N2O4. The Kier molecular flexibility index (Phi) is 7.39. The molecule has 2 rings (SSSR count). The smallest absolute Gasteiger partial charge is 0.411 e. The first-order valence-electron chi connectivity index (χ1n) is 8.29. The maximum Gasteiger partial charge on any atom is 0.411 e. The molecule has 0 saturated heterocycles. The molecule has 0 spiro atoms. The van der Waals surface area contributed by atoms with Gasteiger partial charge in [0.1, 0.15) is 6.61 Å². The molecule has 28 heavy (non-hydrogen) atoms. The second kappa shape index (κ2) is 9.75. The van der Waals surface area contributed by atoms with Crippen LogP contribution in [0.3, 0.4) is 0 Å². The number of carbonyl (C=O) groups is 2. The molecule has 0 unspecified atom stereocenters. The molecule has 0 saturated carbocycles. The molecule has 0 atom stereocenters. The van der Waals surface area contributed by atoms with E-state index in [0.717, 1.165) is 11.1 Å². The van der Waals surface area contributed by atoms with Crippen LogP contribution in [0.4, 0.5) is 18.0 Å². The quantitative estimate of drug-likeness (QED) is 0.638. The summed E-state index contributed by atoms with van der Waals surface area (Å²) in [6.45, 7) is -0.960. The van der Waals surface area contributed by atoms with Crippen LogP contribution in [0.15, 0.2) is 48.5 Å². The predicted molar refractivity (Wildman–Crippen MR) is 94.6 cm³/mol. The van der Waals surface area contributed by atoms with Crippen LogP contribution in [-0.4, -0.2) is 29.9 Å². The van der Waals surface area contributed by atoms with Crippen molar-refractivity contribution in [3.63, 3.8) is 0 Å². The zero-order valence-corrected chi connectivity index (χ0v) is 14.8. The number of hydrogen-bond donors (Lipinski definition) is 3. The largest absolute Gasteiger partial charge is 0.478 e. The van der Waals surface area contributed by atoms with Gasteiger partial charge in [0, 0.05) is 13.1 Å². The molecule has 0 radical (unpaired) electrons. The summed E-state index contributed by atoms with van der Waals surface area (Å²) in [5, 5.41) is 14.1. The van der Waals surface area contributed by atoms with Crippen molar-refractivity contribution in [1.82, 2.24) is 10.6 Å². The van der Waals surface area contributed by atoms with Gasteiger partial charge in [0.25, 0.3) is 0 Å². The molecule has 0 aliphatic rings. The van der Waals surface area contributed by atoms with E-state index >= 15 is 0 Å². The lowest BCUT2D eigenvalue weighted by Gasteiger charge is -2.10. The molecule has 0 bridgehead atoms. The number of ether oxygens (including phenoxy) is 1. The van der Waals surface area contributed by atoms with E-state index in [0.29, 0.717) is 5.56 Å². The van der Waals surface area contributed by atoms with E-state index in [2.05, 4.69) is 15.4 Å². The van der Waals surface area contributed by atoms with Gasteiger partial charge in [0.2, 0.25) is 0 Å². The third-order valence-corrected chi connectivity index (χ3v) is 3.66. The van der Waals surface area contributed by atoms with Gasteiger partial charge in [-0.2, -0.15) is 13.2 Å². The number of urea groups is 1.